The van der Waals surface area contributed by atoms with E-state index >= 15 is 0 Å². The van der Waals surface area contributed by atoms with Crippen LogP contribution in [0.4, 0.5) is 5.82 Å². The van der Waals surface area contributed by atoms with Gasteiger partial charge in [-0.1, -0.05) is 6.07 Å². The molecule has 1 N–H and O–H groups in total. The van der Waals surface area contributed by atoms with E-state index in [4.69, 9.17) is 0 Å². The highest BCUT2D eigenvalue weighted by atomic mass is 15.2. The van der Waals surface area contributed by atoms with Gasteiger partial charge in [-0.05, 0) is 19.2 Å². The van der Waals surface area contributed by atoms with E-state index in [1.54, 1.807) is 6.20 Å². The van der Waals surface area contributed by atoms with Crippen LogP contribution < -0.4 is 5.32 Å². The van der Waals surface area contributed by atoms with Gasteiger partial charge < -0.3 is 14.8 Å². The first-order valence-electron chi connectivity index (χ1n) is 6.69. The van der Waals surface area contributed by atoms with Gasteiger partial charge >= 0.3 is 0 Å². The molecule has 5 nitrogen and oxygen atoms in total. The molecule has 0 saturated carbocycles. The van der Waals surface area contributed by atoms with Crippen LogP contribution in [0.5, 0.6) is 0 Å². The molecule has 0 radical (unpaired) electrons. The molecule has 1 aliphatic rings. The van der Waals surface area contributed by atoms with Crippen LogP contribution in [0.25, 0.3) is 0 Å². The number of imidazole rings is 1. The number of nitrogens with one attached hydrogen (secondary N) is 1. The Kier molecular flexibility index (Phi) is 3.46. The number of hydrogen-bond acceptors (Lipinski definition) is 4. The zero-order chi connectivity index (χ0) is 13.1. The molecule has 0 unspecified atom stereocenters. The van der Waals surface area contributed by atoms with Crippen molar-refractivity contribution in [1.82, 2.24) is 19.4 Å². The molecule has 0 saturated heterocycles. The summed E-state index contributed by atoms with van der Waals surface area (Å²) < 4.78 is 2.33. The lowest BCUT2D eigenvalue weighted by Crippen LogP contribution is -2.22. The number of rotatable bonds is 3. The molecule has 2 aromatic rings. The van der Waals surface area contributed by atoms with Gasteiger partial charge in [0, 0.05) is 32.3 Å². The fraction of sp³-hybridized carbons (Fsp3) is 0.429. The average molecular weight is 257 g/mol. The quantitative estimate of drug-likeness (QED) is 0.902. The highest BCUT2D eigenvalue weighted by Gasteiger charge is 2.14. The standard InChI is InChI=1S/C14H19N5/c1-18-7-5-14-17-11-12(19(14)9-8-18)10-16-13-4-2-3-6-15-13/h2-4,6,11H,5,7-10H2,1H3,(H,15,16). The third-order valence-corrected chi connectivity index (χ3v) is 3.56. The molecular formula is C14H19N5. The SMILES string of the molecule is CN1CCc2ncc(CNc3ccccn3)n2CC1. The van der Waals surface area contributed by atoms with Crippen molar-refractivity contribution in [3.05, 3.63) is 42.1 Å². The Labute approximate surface area is 113 Å². The summed E-state index contributed by atoms with van der Waals surface area (Å²) in [5.41, 5.74) is 1.23. The lowest BCUT2D eigenvalue weighted by atomic mass is 10.4. The monoisotopic (exact) mass is 257 g/mol. The molecule has 3 heterocycles. The number of hydrogen-bond donors (Lipinski definition) is 1. The third-order valence-electron chi connectivity index (χ3n) is 3.56. The van der Waals surface area contributed by atoms with E-state index in [1.165, 1.54) is 11.5 Å². The van der Waals surface area contributed by atoms with E-state index in [1.807, 2.05) is 24.4 Å². The van der Waals surface area contributed by atoms with Crippen LogP contribution in [0.1, 0.15) is 11.5 Å². The number of likely N-dealkylation sites (N-methyl/N-ethyl adjacent to an activating group) is 1. The minimum absolute atomic E-state index is 0.772. The van der Waals surface area contributed by atoms with Gasteiger partial charge in [0.1, 0.15) is 11.6 Å². The lowest BCUT2D eigenvalue weighted by molar-refractivity contribution is 0.340. The minimum atomic E-state index is 0.772. The van der Waals surface area contributed by atoms with Gasteiger partial charge in [-0.25, -0.2) is 9.97 Å². The Balaban J connectivity index is 1.71. The zero-order valence-corrected chi connectivity index (χ0v) is 11.2. The van der Waals surface area contributed by atoms with Crippen LogP contribution in [0.15, 0.2) is 30.6 Å². The minimum Gasteiger partial charge on any atom is -0.364 e. The second kappa shape index (κ2) is 5.40. The molecule has 1 aliphatic heterocycles. The van der Waals surface area contributed by atoms with Crippen molar-refractivity contribution in [3.63, 3.8) is 0 Å². The first-order valence-corrected chi connectivity index (χ1v) is 6.69. The molecule has 0 bridgehead atoms. The number of pyridine rings is 1. The summed E-state index contributed by atoms with van der Waals surface area (Å²) in [6.07, 6.45) is 4.81. The van der Waals surface area contributed by atoms with E-state index in [0.29, 0.717) is 0 Å². The highest BCUT2D eigenvalue weighted by molar-refractivity contribution is 5.33. The van der Waals surface area contributed by atoms with Crippen molar-refractivity contribution in [3.8, 4) is 0 Å². The largest absolute Gasteiger partial charge is 0.364 e. The predicted octanol–water partition coefficient (Wildman–Crippen LogP) is 1.38. The van der Waals surface area contributed by atoms with E-state index in [-0.39, 0.29) is 0 Å². The van der Waals surface area contributed by atoms with Gasteiger partial charge in [0.05, 0.1) is 18.4 Å². The summed E-state index contributed by atoms with van der Waals surface area (Å²) in [7, 11) is 2.16. The summed E-state index contributed by atoms with van der Waals surface area (Å²) in [4.78, 5) is 11.2. The summed E-state index contributed by atoms with van der Waals surface area (Å²) in [5, 5.41) is 3.34. The predicted molar refractivity (Wildman–Crippen MR) is 75.0 cm³/mol. The maximum Gasteiger partial charge on any atom is 0.126 e. The molecule has 0 spiro atoms. The fourth-order valence-electron chi connectivity index (χ4n) is 2.39. The molecule has 100 valence electrons. The van der Waals surface area contributed by atoms with Crippen LogP contribution in [0.3, 0.4) is 0 Å². The summed E-state index contributed by atoms with van der Waals surface area (Å²) in [6, 6.07) is 5.89. The number of aromatic nitrogens is 3. The van der Waals surface area contributed by atoms with Crippen molar-refractivity contribution in [1.29, 1.82) is 0 Å². The maximum absolute atomic E-state index is 4.54. The number of anilines is 1. The Morgan fingerprint density at radius 1 is 1.21 bits per heavy atom. The molecule has 3 rings (SSSR count). The van der Waals surface area contributed by atoms with Gasteiger partial charge in [0.15, 0.2) is 0 Å². The molecule has 0 atom stereocenters. The lowest BCUT2D eigenvalue weighted by Gasteiger charge is -2.13. The summed E-state index contributed by atoms with van der Waals surface area (Å²) in [5.74, 6) is 2.10. The number of nitrogens with zero attached hydrogens (tertiary/aromatic N) is 4. The Morgan fingerprint density at radius 3 is 3.00 bits per heavy atom. The summed E-state index contributed by atoms with van der Waals surface area (Å²) >= 11 is 0. The molecule has 0 aliphatic carbocycles. The van der Waals surface area contributed by atoms with Gasteiger partial charge in [-0.15, -0.1) is 0 Å². The second-order valence-corrected chi connectivity index (χ2v) is 4.94. The second-order valence-electron chi connectivity index (χ2n) is 4.94. The Hall–Kier alpha value is -1.88. The van der Waals surface area contributed by atoms with Crippen molar-refractivity contribution in [2.24, 2.45) is 0 Å². The maximum atomic E-state index is 4.54. The fourth-order valence-corrected chi connectivity index (χ4v) is 2.39. The van der Waals surface area contributed by atoms with Crippen molar-refractivity contribution in [2.75, 3.05) is 25.5 Å². The molecule has 2 aromatic heterocycles. The topological polar surface area (TPSA) is 46.0 Å². The van der Waals surface area contributed by atoms with E-state index in [9.17, 15) is 0 Å². The summed E-state index contributed by atoms with van der Waals surface area (Å²) in [6.45, 7) is 3.96. The van der Waals surface area contributed by atoms with Crippen molar-refractivity contribution in [2.45, 2.75) is 19.5 Å². The van der Waals surface area contributed by atoms with Gasteiger partial charge in [0.25, 0.3) is 0 Å². The molecular weight excluding hydrogens is 238 g/mol. The first-order chi connectivity index (χ1) is 9.33. The molecule has 5 heteroatoms. The van der Waals surface area contributed by atoms with Crippen LogP contribution >= 0.6 is 0 Å². The van der Waals surface area contributed by atoms with Gasteiger partial charge in [0.2, 0.25) is 0 Å². The van der Waals surface area contributed by atoms with Crippen LogP contribution in [0, 0.1) is 0 Å². The third kappa shape index (κ3) is 2.76. The number of fused-ring (bicyclic) bond motifs is 1. The van der Waals surface area contributed by atoms with E-state index < -0.39 is 0 Å². The average Bonchev–Trinajstić information content (AvgIpc) is 2.74. The van der Waals surface area contributed by atoms with Crippen molar-refractivity contribution < 1.29 is 0 Å². The van der Waals surface area contributed by atoms with E-state index in [2.05, 4.69) is 31.8 Å². The van der Waals surface area contributed by atoms with Crippen LogP contribution in [-0.2, 0) is 19.5 Å². The molecule has 0 fully saturated rings. The Bertz CT molecular complexity index is 534. The molecule has 0 amide bonds. The van der Waals surface area contributed by atoms with Crippen LogP contribution in [-0.4, -0.2) is 39.6 Å². The molecule has 19 heavy (non-hydrogen) atoms. The van der Waals surface area contributed by atoms with E-state index in [0.717, 1.165) is 38.4 Å². The van der Waals surface area contributed by atoms with Crippen LogP contribution in [0.2, 0.25) is 0 Å². The van der Waals surface area contributed by atoms with Gasteiger partial charge in [-0.2, -0.15) is 0 Å². The smallest absolute Gasteiger partial charge is 0.126 e. The zero-order valence-electron chi connectivity index (χ0n) is 11.2. The van der Waals surface area contributed by atoms with Gasteiger partial charge in [-0.3, -0.25) is 0 Å². The van der Waals surface area contributed by atoms with Crippen molar-refractivity contribution >= 4 is 5.82 Å². The molecule has 0 aromatic carbocycles. The highest BCUT2D eigenvalue weighted by Crippen LogP contribution is 2.12. The first kappa shape index (κ1) is 12.2. The Morgan fingerprint density at radius 2 is 2.16 bits per heavy atom. The normalized spacial score (nSPS) is 15.8.